The number of halogens is 3. The van der Waals surface area contributed by atoms with Crippen LogP contribution in [-0.4, -0.2) is 21.1 Å². The fraction of sp³-hybridized carbons (Fsp3) is 0.455. The van der Waals surface area contributed by atoms with Gasteiger partial charge in [0.05, 0.1) is 18.1 Å². The number of aromatic nitrogens is 3. The van der Waals surface area contributed by atoms with Crippen molar-refractivity contribution >= 4 is 11.3 Å². The Labute approximate surface area is 112 Å². The first-order chi connectivity index (χ1) is 8.91. The van der Waals surface area contributed by atoms with Crippen molar-refractivity contribution in [1.82, 2.24) is 19.9 Å². The van der Waals surface area contributed by atoms with Gasteiger partial charge in [-0.25, -0.2) is 9.97 Å². The SMILES string of the molecule is CCNC(c1cn(C)cn1)c1cnc(C(F)(F)F)s1. The van der Waals surface area contributed by atoms with Gasteiger partial charge in [0.15, 0.2) is 5.01 Å². The quantitative estimate of drug-likeness (QED) is 0.941. The average molecular weight is 290 g/mol. The van der Waals surface area contributed by atoms with Gasteiger partial charge in [-0.2, -0.15) is 13.2 Å². The minimum Gasteiger partial charge on any atom is -0.340 e. The number of imidazole rings is 1. The summed E-state index contributed by atoms with van der Waals surface area (Å²) in [4.78, 5) is 8.13. The summed E-state index contributed by atoms with van der Waals surface area (Å²) in [6, 6.07) is -0.361. The average Bonchev–Trinajstić information content (AvgIpc) is 2.93. The molecule has 0 aliphatic rings. The third-order valence-electron chi connectivity index (χ3n) is 2.48. The van der Waals surface area contributed by atoms with Crippen LogP contribution in [0.1, 0.15) is 28.5 Å². The maximum atomic E-state index is 12.6. The molecule has 2 aromatic rings. The molecule has 1 atom stereocenters. The second kappa shape index (κ2) is 5.30. The zero-order valence-corrected chi connectivity index (χ0v) is 11.2. The van der Waals surface area contributed by atoms with Crippen LogP contribution in [0.2, 0.25) is 0 Å². The first kappa shape index (κ1) is 14.0. The summed E-state index contributed by atoms with van der Waals surface area (Å²) in [5.74, 6) is 0. The topological polar surface area (TPSA) is 42.7 Å². The molecular weight excluding hydrogens is 277 g/mol. The van der Waals surface area contributed by atoms with E-state index in [0.717, 1.165) is 0 Å². The number of hydrogen-bond acceptors (Lipinski definition) is 4. The van der Waals surface area contributed by atoms with Gasteiger partial charge in [-0.3, -0.25) is 0 Å². The molecule has 0 saturated heterocycles. The summed E-state index contributed by atoms with van der Waals surface area (Å²) >= 11 is 0.644. The van der Waals surface area contributed by atoms with Crippen molar-refractivity contribution in [2.24, 2.45) is 7.05 Å². The Balaban J connectivity index is 2.32. The van der Waals surface area contributed by atoms with Crippen LogP contribution in [0, 0.1) is 0 Å². The Morgan fingerprint density at radius 3 is 2.63 bits per heavy atom. The molecular formula is C11H13F3N4S. The summed E-state index contributed by atoms with van der Waals surface area (Å²) in [5, 5.41) is 2.29. The fourth-order valence-corrected chi connectivity index (χ4v) is 2.56. The van der Waals surface area contributed by atoms with Gasteiger partial charge in [0.2, 0.25) is 0 Å². The number of nitrogens with zero attached hydrogens (tertiary/aromatic N) is 3. The van der Waals surface area contributed by atoms with Crippen LogP contribution in [0.15, 0.2) is 18.7 Å². The van der Waals surface area contributed by atoms with Gasteiger partial charge in [-0.05, 0) is 6.54 Å². The normalized spacial score (nSPS) is 13.7. The Kier molecular flexibility index (Phi) is 3.91. The van der Waals surface area contributed by atoms with Crippen molar-refractivity contribution in [3.8, 4) is 0 Å². The monoisotopic (exact) mass is 290 g/mol. The van der Waals surface area contributed by atoms with Crippen molar-refractivity contribution in [3.63, 3.8) is 0 Å². The molecule has 2 rings (SSSR count). The Morgan fingerprint density at radius 1 is 1.42 bits per heavy atom. The van der Waals surface area contributed by atoms with E-state index in [0.29, 0.717) is 28.5 Å². The third-order valence-corrected chi connectivity index (χ3v) is 3.59. The van der Waals surface area contributed by atoms with Crippen LogP contribution in [0.25, 0.3) is 0 Å². The molecule has 4 nitrogen and oxygen atoms in total. The summed E-state index contributed by atoms with van der Waals surface area (Å²) in [6.07, 6.45) is 0.255. The molecule has 2 heterocycles. The van der Waals surface area contributed by atoms with E-state index in [9.17, 15) is 13.2 Å². The Bertz CT molecular complexity index is 546. The molecule has 0 spiro atoms. The molecule has 0 bridgehead atoms. The maximum absolute atomic E-state index is 12.6. The lowest BCUT2D eigenvalue weighted by Crippen LogP contribution is -2.21. The van der Waals surface area contributed by atoms with Gasteiger partial charge in [0, 0.05) is 24.3 Å². The molecule has 19 heavy (non-hydrogen) atoms. The second-order valence-electron chi connectivity index (χ2n) is 4.02. The third kappa shape index (κ3) is 3.13. The number of hydrogen-bond donors (Lipinski definition) is 1. The van der Waals surface area contributed by atoms with Gasteiger partial charge in [0.25, 0.3) is 0 Å². The van der Waals surface area contributed by atoms with E-state index in [-0.39, 0.29) is 6.04 Å². The van der Waals surface area contributed by atoms with Crippen LogP contribution < -0.4 is 5.32 Å². The summed E-state index contributed by atoms with van der Waals surface area (Å²) in [5.41, 5.74) is 0.682. The van der Waals surface area contributed by atoms with Crippen molar-refractivity contribution in [2.45, 2.75) is 19.1 Å². The summed E-state index contributed by atoms with van der Waals surface area (Å²) in [6.45, 7) is 2.52. The van der Waals surface area contributed by atoms with Gasteiger partial charge in [-0.1, -0.05) is 6.92 Å². The zero-order valence-electron chi connectivity index (χ0n) is 10.4. The summed E-state index contributed by atoms with van der Waals surface area (Å²) in [7, 11) is 1.81. The molecule has 0 saturated carbocycles. The van der Waals surface area contributed by atoms with Crippen molar-refractivity contribution < 1.29 is 13.2 Å². The lowest BCUT2D eigenvalue weighted by Gasteiger charge is -2.13. The minimum absolute atomic E-state index is 0.361. The molecule has 0 amide bonds. The van der Waals surface area contributed by atoms with E-state index in [4.69, 9.17) is 0 Å². The number of aryl methyl sites for hydroxylation is 1. The second-order valence-corrected chi connectivity index (χ2v) is 5.08. The standard InChI is InChI=1S/C11H13F3N4S/c1-3-15-9(7-5-18(2)6-17-7)8-4-16-10(19-8)11(12,13)14/h4-6,9,15H,3H2,1-2H3. The maximum Gasteiger partial charge on any atom is 0.443 e. The van der Waals surface area contributed by atoms with Crippen molar-refractivity contribution in [2.75, 3.05) is 6.54 Å². The molecule has 1 unspecified atom stereocenters. The van der Waals surface area contributed by atoms with Crippen LogP contribution in [0.5, 0.6) is 0 Å². The van der Waals surface area contributed by atoms with E-state index >= 15 is 0 Å². The predicted octanol–water partition coefficient (Wildman–Crippen LogP) is 2.59. The fourth-order valence-electron chi connectivity index (χ4n) is 1.69. The van der Waals surface area contributed by atoms with Crippen LogP contribution in [0.3, 0.4) is 0 Å². The van der Waals surface area contributed by atoms with E-state index in [1.807, 2.05) is 14.0 Å². The number of thiazole rings is 1. The van der Waals surface area contributed by atoms with Gasteiger partial charge in [-0.15, -0.1) is 11.3 Å². The van der Waals surface area contributed by atoms with Crippen molar-refractivity contribution in [1.29, 1.82) is 0 Å². The smallest absolute Gasteiger partial charge is 0.340 e. The van der Waals surface area contributed by atoms with Gasteiger partial charge in [0.1, 0.15) is 0 Å². The lowest BCUT2D eigenvalue weighted by molar-refractivity contribution is -0.137. The molecule has 8 heteroatoms. The molecule has 0 aliphatic carbocycles. The lowest BCUT2D eigenvalue weighted by atomic mass is 10.2. The van der Waals surface area contributed by atoms with Gasteiger partial charge < -0.3 is 9.88 Å². The van der Waals surface area contributed by atoms with E-state index in [1.54, 1.807) is 17.1 Å². The number of rotatable bonds is 4. The molecule has 104 valence electrons. The molecule has 0 aliphatic heterocycles. The Hall–Kier alpha value is -1.41. The highest BCUT2D eigenvalue weighted by Gasteiger charge is 2.35. The summed E-state index contributed by atoms with van der Waals surface area (Å²) < 4.78 is 39.4. The molecule has 2 aromatic heterocycles. The van der Waals surface area contributed by atoms with E-state index in [2.05, 4.69) is 15.3 Å². The first-order valence-electron chi connectivity index (χ1n) is 5.66. The van der Waals surface area contributed by atoms with Crippen LogP contribution in [0.4, 0.5) is 13.2 Å². The Morgan fingerprint density at radius 2 is 2.16 bits per heavy atom. The van der Waals surface area contributed by atoms with Gasteiger partial charge >= 0.3 is 6.18 Å². The molecule has 1 N–H and O–H groups in total. The first-order valence-corrected chi connectivity index (χ1v) is 6.47. The number of nitrogens with one attached hydrogen (secondary N) is 1. The zero-order chi connectivity index (χ0) is 14.0. The van der Waals surface area contributed by atoms with Crippen LogP contribution in [-0.2, 0) is 13.2 Å². The van der Waals surface area contributed by atoms with Crippen LogP contribution >= 0.6 is 11.3 Å². The van der Waals surface area contributed by atoms with E-state index < -0.39 is 11.2 Å². The number of alkyl halides is 3. The largest absolute Gasteiger partial charge is 0.443 e. The molecule has 0 aromatic carbocycles. The minimum atomic E-state index is -4.40. The molecule has 0 fully saturated rings. The van der Waals surface area contributed by atoms with E-state index in [1.165, 1.54) is 6.20 Å². The highest BCUT2D eigenvalue weighted by Crippen LogP contribution is 2.35. The predicted molar refractivity (Wildman–Crippen MR) is 65.8 cm³/mol. The molecule has 0 radical (unpaired) electrons. The van der Waals surface area contributed by atoms with Crippen molar-refractivity contribution in [3.05, 3.63) is 34.3 Å². The highest BCUT2D eigenvalue weighted by molar-refractivity contribution is 7.11. The highest BCUT2D eigenvalue weighted by atomic mass is 32.1.